The van der Waals surface area contributed by atoms with E-state index in [9.17, 15) is 8.42 Å². The molecule has 0 spiro atoms. The lowest BCUT2D eigenvalue weighted by atomic mass is 10.3. The van der Waals surface area contributed by atoms with Crippen molar-refractivity contribution >= 4 is 27.3 Å². The summed E-state index contributed by atoms with van der Waals surface area (Å²) in [4.78, 5) is 0. The molecular formula is C11H11ClN2O2S. The van der Waals surface area contributed by atoms with Crippen molar-refractivity contribution in [1.82, 2.24) is 4.57 Å². The van der Waals surface area contributed by atoms with Crippen LogP contribution in [0.15, 0.2) is 48.8 Å². The zero-order chi connectivity index (χ0) is 12.3. The maximum Gasteiger partial charge on any atom is 0.246 e. The first-order chi connectivity index (χ1) is 8.11. The molecule has 90 valence electrons. The number of sulfonamides is 1. The summed E-state index contributed by atoms with van der Waals surface area (Å²) in [5.41, 5.74) is 1.38. The minimum atomic E-state index is -3.45. The molecule has 1 N–H and O–H groups in total. The summed E-state index contributed by atoms with van der Waals surface area (Å²) >= 11 is 5.33. The Morgan fingerprint density at radius 3 is 2.53 bits per heavy atom. The SMILES string of the molecule is O=S(=O)(CCl)Nc1cccc(-n2cccc2)c1. The molecule has 4 nitrogen and oxygen atoms in total. The highest BCUT2D eigenvalue weighted by Crippen LogP contribution is 2.16. The third kappa shape index (κ3) is 3.01. The van der Waals surface area contributed by atoms with Crippen LogP contribution < -0.4 is 4.72 Å². The van der Waals surface area contributed by atoms with Gasteiger partial charge in [0.2, 0.25) is 10.0 Å². The van der Waals surface area contributed by atoms with Crippen LogP contribution in [-0.4, -0.2) is 18.2 Å². The van der Waals surface area contributed by atoms with Gasteiger partial charge in [0.05, 0.1) is 5.69 Å². The van der Waals surface area contributed by atoms with Crippen molar-refractivity contribution in [3.63, 3.8) is 0 Å². The van der Waals surface area contributed by atoms with E-state index in [2.05, 4.69) is 4.72 Å². The fourth-order valence-corrected chi connectivity index (χ4v) is 2.15. The zero-order valence-corrected chi connectivity index (χ0v) is 10.4. The zero-order valence-electron chi connectivity index (χ0n) is 8.88. The molecule has 17 heavy (non-hydrogen) atoms. The molecule has 0 aliphatic carbocycles. The largest absolute Gasteiger partial charge is 0.324 e. The van der Waals surface area contributed by atoms with Gasteiger partial charge in [0.1, 0.15) is 5.21 Å². The second-order valence-corrected chi connectivity index (χ2v) is 5.77. The minimum absolute atomic E-state index is 0.458. The quantitative estimate of drug-likeness (QED) is 0.868. The monoisotopic (exact) mass is 270 g/mol. The average Bonchev–Trinajstić information content (AvgIpc) is 2.82. The van der Waals surface area contributed by atoms with Crippen molar-refractivity contribution in [1.29, 1.82) is 0 Å². The van der Waals surface area contributed by atoms with Crippen LogP contribution in [-0.2, 0) is 10.0 Å². The molecule has 0 radical (unpaired) electrons. The number of hydrogen-bond donors (Lipinski definition) is 1. The van der Waals surface area contributed by atoms with E-state index >= 15 is 0 Å². The molecule has 0 saturated carbocycles. The topological polar surface area (TPSA) is 51.1 Å². The van der Waals surface area contributed by atoms with Gasteiger partial charge in [-0.1, -0.05) is 6.07 Å². The fraction of sp³-hybridized carbons (Fsp3) is 0.0909. The summed E-state index contributed by atoms with van der Waals surface area (Å²) in [5.74, 6) is 0. The van der Waals surface area contributed by atoms with E-state index in [1.54, 1.807) is 18.2 Å². The normalized spacial score (nSPS) is 11.4. The van der Waals surface area contributed by atoms with Crippen LogP contribution in [0.1, 0.15) is 0 Å². The van der Waals surface area contributed by atoms with Crippen LogP contribution in [0, 0.1) is 0 Å². The smallest absolute Gasteiger partial charge is 0.246 e. The molecule has 2 aromatic rings. The van der Waals surface area contributed by atoms with Crippen molar-refractivity contribution in [2.75, 3.05) is 9.93 Å². The van der Waals surface area contributed by atoms with Crippen molar-refractivity contribution in [3.05, 3.63) is 48.8 Å². The summed E-state index contributed by atoms with van der Waals surface area (Å²) in [6.07, 6.45) is 3.77. The van der Waals surface area contributed by atoms with Crippen molar-refractivity contribution in [3.8, 4) is 5.69 Å². The molecule has 2 rings (SSSR count). The van der Waals surface area contributed by atoms with E-state index in [1.807, 2.05) is 35.2 Å². The van der Waals surface area contributed by atoms with Crippen LogP contribution in [0.3, 0.4) is 0 Å². The van der Waals surface area contributed by atoms with Crippen molar-refractivity contribution in [2.45, 2.75) is 0 Å². The first kappa shape index (κ1) is 12.0. The number of benzene rings is 1. The van der Waals surface area contributed by atoms with Gasteiger partial charge in [-0.15, -0.1) is 11.6 Å². The Balaban J connectivity index is 2.30. The summed E-state index contributed by atoms with van der Waals surface area (Å²) in [5, 5.41) is -0.458. The number of halogens is 1. The molecule has 6 heteroatoms. The van der Waals surface area contributed by atoms with Gasteiger partial charge in [0.15, 0.2) is 0 Å². The van der Waals surface area contributed by atoms with Crippen LogP contribution in [0.5, 0.6) is 0 Å². The summed E-state index contributed by atoms with van der Waals surface area (Å²) in [6.45, 7) is 0. The number of alkyl halides is 1. The molecule has 1 aromatic heterocycles. The van der Waals surface area contributed by atoms with Crippen LogP contribution in [0.25, 0.3) is 5.69 Å². The molecule has 0 atom stereocenters. The van der Waals surface area contributed by atoms with Crippen molar-refractivity contribution < 1.29 is 8.42 Å². The molecule has 1 aromatic carbocycles. The number of nitrogens with zero attached hydrogens (tertiary/aromatic N) is 1. The second-order valence-electron chi connectivity index (χ2n) is 3.47. The lowest BCUT2D eigenvalue weighted by Gasteiger charge is -2.08. The first-order valence-corrected chi connectivity index (χ1v) is 7.09. The van der Waals surface area contributed by atoms with Gasteiger partial charge in [0.25, 0.3) is 0 Å². The van der Waals surface area contributed by atoms with E-state index in [1.165, 1.54) is 0 Å². The first-order valence-electron chi connectivity index (χ1n) is 4.90. The standard InChI is InChI=1S/C11H11ClN2O2S/c12-9-17(15,16)13-10-4-3-5-11(8-10)14-6-1-2-7-14/h1-8,13H,9H2. The molecule has 1 heterocycles. The highest BCUT2D eigenvalue weighted by Gasteiger charge is 2.08. The minimum Gasteiger partial charge on any atom is -0.324 e. The number of nitrogens with one attached hydrogen (secondary N) is 1. The molecule has 0 bridgehead atoms. The maximum atomic E-state index is 11.3. The Kier molecular flexibility index (Phi) is 3.40. The summed E-state index contributed by atoms with van der Waals surface area (Å²) in [6, 6.07) is 10.9. The van der Waals surface area contributed by atoms with E-state index in [0.29, 0.717) is 5.69 Å². The summed E-state index contributed by atoms with van der Waals surface area (Å²) < 4.78 is 26.9. The van der Waals surface area contributed by atoms with Gasteiger partial charge in [-0.2, -0.15) is 0 Å². The average molecular weight is 271 g/mol. The third-order valence-corrected chi connectivity index (χ3v) is 3.86. The Morgan fingerprint density at radius 1 is 1.18 bits per heavy atom. The van der Waals surface area contributed by atoms with E-state index < -0.39 is 15.2 Å². The maximum absolute atomic E-state index is 11.3. The van der Waals surface area contributed by atoms with E-state index in [0.717, 1.165) is 5.69 Å². The predicted molar refractivity (Wildman–Crippen MR) is 69.0 cm³/mol. The van der Waals surface area contributed by atoms with Crippen molar-refractivity contribution in [2.24, 2.45) is 0 Å². The van der Waals surface area contributed by atoms with Gasteiger partial charge in [-0.25, -0.2) is 8.42 Å². The molecule has 0 fully saturated rings. The highest BCUT2D eigenvalue weighted by atomic mass is 35.5. The van der Waals surface area contributed by atoms with Gasteiger partial charge in [-0.3, -0.25) is 4.72 Å². The Labute approximate surface area is 105 Å². The third-order valence-electron chi connectivity index (χ3n) is 2.17. The molecule has 0 aliphatic rings. The van der Waals surface area contributed by atoms with Gasteiger partial charge >= 0.3 is 0 Å². The lowest BCUT2D eigenvalue weighted by Crippen LogP contribution is -2.13. The Morgan fingerprint density at radius 2 is 1.88 bits per heavy atom. The lowest BCUT2D eigenvalue weighted by molar-refractivity contribution is 0.605. The fourth-order valence-electron chi connectivity index (χ4n) is 1.44. The van der Waals surface area contributed by atoms with Crippen LogP contribution in [0.2, 0.25) is 0 Å². The van der Waals surface area contributed by atoms with Gasteiger partial charge in [0, 0.05) is 18.1 Å². The predicted octanol–water partition coefficient (Wildman–Crippen LogP) is 2.42. The molecule has 0 saturated heterocycles. The highest BCUT2D eigenvalue weighted by molar-refractivity contribution is 7.93. The number of aromatic nitrogens is 1. The number of rotatable bonds is 4. The molecule has 0 aliphatic heterocycles. The second kappa shape index (κ2) is 4.81. The van der Waals surface area contributed by atoms with Crippen LogP contribution >= 0.6 is 11.6 Å². The van der Waals surface area contributed by atoms with Gasteiger partial charge < -0.3 is 4.57 Å². The Hall–Kier alpha value is -1.46. The molecular weight excluding hydrogens is 260 g/mol. The molecule has 0 unspecified atom stereocenters. The Bertz CT molecular complexity index is 594. The van der Waals surface area contributed by atoms with Gasteiger partial charge in [-0.05, 0) is 30.3 Å². The van der Waals surface area contributed by atoms with E-state index in [4.69, 9.17) is 11.6 Å². The molecule has 0 amide bonds. The van der Waals surface area contributed by atoms with E-state index in [-0.39, 0.29) is 0 Å². The number of anilines is 1. The summed E-state index contributed by atoms with van der Waals surface area (Å²) in [7, 11) is -3.45. The van der Waals surface area contributed by atoms with Crippen LogP contribution in [0.4, 0.5) is 5.69 Å². The number of hydrogen-bond acceptors (Lipinski definition) is 2.